The molecule has 0 radical (unpaired) electrons. The fraction of sp³-hybridized carbons (Fsp3) is 0.0833. The molecule has 17 heavy (non-hydrogen) atoms. The molecule has 1 aromatic heterocycles. The lowest BCUT2D eigenvalue weighted by Crippen LogP contribution is -2.13. The highest BCUT2D eigenvalue weighted by Crippen LogP contribution is 2.11. The standard InChI is InChI=1S/C12H11N3O2/c1-8(16)9-3-2-4-10(7-9)15-12(17)11-13-5-6-14-11/h2-7H,1H3,(H,13,14)(H,15,17). The van der Waals surface area contributed by atoms with Gasteiger partial charge in [-0.1, -0.05) is 12.1 Å². The zero-order valence-electron chi connectivity index (χ0n) is 9.23. The Bertz CT molecular complexity index is 547. The van der Waals surface area contributed by atoms with E-state index in [4.69, 9.17) is 0 Å². The molecule has 0 aliphatic heterocycles. The number of carbonyl (C=O) groups excluding carboxylic acids is 2. The lowest BCUT2D eigenvalue weighted by molar-refractivity contribution is 0.100. The predicted molar refractivity (Wildman–Crippen MR) is 63.0 cm³/mol. The van der Waals surface area contributed by atoms with E-state index in [1.807, 2.05) is 0 Å². The molecule has 0 spiro atoms. The zero-order chi connectivity index (χ0) is 12.3. The van der Waals surface area contributed by atoms with Crippen LogP contribution >= 0.6 is 0 Å². The molecule has 0 saturated heterocycles. The lowest BCUT2D eigenvalue weighted by atomic mass is 10.1. The summed E-state index contributed by atoms with van der Waals surface area (Å²) in [5.41, 5.74) is 1.13. The second-order valence-electron chi connectivity index (χ2n) is 3.53. The van der Waals surface area contributed by atoms with Crippen molar-refractivity contribution in [3.8, 4) is 0 Å². The largest absolute Gasteiger partial charge is 0.341 e. The summed E-state index contributed by atoms with van der Waals surface area (Å²) in [5, 5.41) is 2.65. The quantitative estimate of drug-likeness (QED) is 0.789. The van der Waals surface area contributed by atoms with E-state index in [1.54, 1.807) is 30.5 Å². The molecule has 0 aliphatic carbocycles. The molecule has 0 unspecified atom stereocenters. The topological polar surface area (TPSA) is 74.8 Å². The summed E-state index contributed by atoms with van der Waals surface area (Å²) in [6.07, 6.45) is 3.07. The maximum Gasteiger partial charge on any atom is 0.291 e. The molecule has 86 valence electrons. The van der Waals surface area contributed by atoms with Crippen LogP contribution in [-0.4, -0.2) is 21.7 Å². The maximum atomic E-state index is 11.7. The van der Waals surface area contributed by atoms with E-state index in [9.17, 15) is 9.59 Å². The van der Waals surface area contributed by atoms with Crippen LogP contribution in [0.4, 0.5) is 5.69 Å². The second kappa shape index (κ2) is 4.61. The third-order valence-corrected chi connectivity index (χ3v) is 2.24. The normalized spacial score (nSPS) is 9.94. The number of H-pyrrole nitrogens is 1. The van der Waals surface area contributed by atoms with Crippen LogP contribution in [0, 0.1) is 0 Å². The van der Waals surface area contributed by atoms with Crippen molar-refractivity contribution >= 4 is 17.4 Å². The average Bonchev–Trinajstić information content (AvgIpc) is 2.82. The summed E-state index contributed by atoms with van der Waals surface area (Å²) >= 11 is 0. The number of aromatic nitrogens is 2. The summed E-state index contributed by atoms with van der Waals surface area (Å²) in [5.74, 6) is -0.145. The highest BCUT2D eigenvalue weighted by molar-refractivity contribution is 6.02. The van der Waals surface area contributed by atoms with Gasteiger partial charge in [-0.2, -0.15) is 0 Å². The number of ketones is 1. The highest BCUT2D eigenvalue weighted by Gasteiger charge is 2.08. The van der Waals surface area contributed by atoms with Gasteiger partial charge in [-0.3, -0.25) is 9.59 Å². The van der Waals surface area contributed by atoms with Crippen molar-refractivity contribution in [3.05, 3.63) is 48.0 Å². The minimum Gasteiger partial charge on any atom is -0.341 e. The van der Waals surface area contributed by atoms with E-state index in [1.165, 1.54) is 13.1 Å². The number of carbonyl (C=O) groups is 2. The molecule has 2 N–H and O–H groups in total. The molecule has 1 heterocycles. The van der Waals surface area contributed by atoms with Crippen LogP contribution in [0.25, 0.3) is 0 Å². The molecule has 5 heteroatoms. The number of anilines is 1. The van der Waals surface area contributed by atoms with E-state index in [0.29, 0.717) is 11.3 Å². The van der Waals surface area contributed by atoms with Crippen molar-refractivity contribution in [2.24, 2.45) is 0 Å². The van der Waals surface area contributed by atoms with Gasteiger partial charge in [0, 0.05) is 23.6 Å². The number of aromatic amines is 1. The number of imidazole rings is 1. The van der Waals surface area contributed by atoms with Gasteiger partial charge in [-0.15, -0.1) is 0 Å². The lowest BCUT2D eigenvalue weighted by Gasteiger charge is -2.04. The Morgan fingerprint density at radius 2 is 2.18 bits per heavy atom. The van der Waals surface area contributed by atoms with E-state index >= 15 is 0 Å². The van der Waals surface area contributed by atoms with Crippen molar-refractivity contribution in [2.45, 2.75) is 6.92 Å². The average molecular weight is 229 g/mol. The Labute approximate surface area is 97.9 Å². The number of nitrogens with zero attached hydrogens (tertiary/aromatic N) is 1. The van der Waals surface area contributed by atoms with Crippen molar-refractivity contribution in [1.82, 2.24) is 9.97 Å². The van der Waals surface area contributed by atoms with Gasteiger partial charge in [0.05, 0.1) is 0 Å². The number of hydrogen-bond donors (Lipinski definition) is 2. The number of Topliss-reactive ketones (excluding diaryl/α,β-unsaturated/α-hetero) is 1. The number of nitrogens with one attached hydrogen (secondary N) is 2. The predicted octanol–water partition coefficient (Wildman–Crippen LogP) is 1.86. The summed E-state index contributed by atoms with van der Waals surface area (Å²) in [7, 11) is 0. The van der Waals surface area contributed by atoms with Crippen LogP contribution < -0.4 is 5.32 Å². The molecule has 0 aliphatic rings. The van der Waals surface area contributed by atoms with E-state index in [0.717, 1.165) is 0 Å². The van der Waals surface area contributed by atoms with Gasteiger partial charge in [-0.25, -0.2) is 4.98 Å². The number of benzene rings is 1. The van der Waals surface area contributed by atoms with Gasteiger partial charge >= 0.3 is 0 Å². The first kappa shape index (κ1) is 11.1. The number of hydrogen-bond acceptors (Lipinski definition) is 3. The maximum absolute atomic E-state index is 11.7. The molecule has 5 nitrogen and oxygen atoms in total. The number of amides is 1. The van der Waals surface area contributed by atoms with Crippen LogP contribution in [-0.2, 0) is 0 Å². The zero-order valence-corrected chi connectivity index (χ0v) is 9.23. The molecule has 1 amide bonds. The molecule has 1 aromatic carbocycles. The molecule has 0 fully saturated rings. The third-order valence-electron chi connectivity index (χ3n) is 2.24. The first-order valence-corrected chi connectivity index (χ1v) is 5.08. The van der Waals surface area contributed by atoms with Crippen LogP contribution in [0.15, 0.2) is 36.7 Å². The Morgan fingerprint density at radius 1 is 1.35 bits per heavy atom. The van der Waals surface area contributed by atoms with E-state index < -0.39 is 0 Å². The second-order valence-corrected chi connectivity index (χ2v) is 3.53. The molecular weight excluding hydrogens is 218 g/mol. The third kappa shape index (κ3) is 2.57. The molecule has 2 aromatic rings. The molecule has 0 bridgehead atoms. The van der Waals surface area contributed by atoms with Gasteiger partial charge in [0.15, 0.2) is 11.6 Å². The smallest absolute Gasteiger partial charge is 0.291 e. The van der Waals surface area contributed by atoms with Crippen molar-refractivity contribution < 1.29 is 9.59 Å². The van der Waals surface area contributed by atoms with Gasteiger partial charge < -0.3 is 10.3 Å². The van der Waals surface area contributed by atoms with Crippen molar-refractivity contribution in [2.75, 3.05) is 5.32 Å². The van der Waals surface area contributed by atoms with Crippen LogP contribution in [0.3, 0.4) is 0 Å². The minimum absolute atomic E-state index is 0.0425. The fourth-order valence-electron chi connectivity index (χ4n) is 1.40. The summed E-state index contributed by atoms with van der Waals surface area (Å²) in [6, 6.07) is 6.76. The monoisotopic (exact) mass is 229 g/mol. The summed E-state index contributed by atoms with van der Waals surface area (Å²) in [6.45, 7) is 1.48. The van der Waals surface area contributed by atoms with Crippen LogP contribution in [0.1, 0.15) is 27.9 Å². The Morgan fingerprint density at radius 3 is 2.82 bits per heavy atom. The highest BCUT2D eigenvalue weighted by atomic mass is 16.2. The molecule has 0 atom stereocenters. The van der Waals surface area contributed by atoms with Crippen LogP contribution in [0.2, 0.25) is 0 Å². The first-order valence-electron chi connectivity index (χ1n) is 5.08. The van der Waals surface area contributed by atoms with Gasteiger partial charge in [0.25, 0.3) is 5.91 Å². The van der Waals surface area contributed by atoms with Crippen LogP contribution in [0.5, 0.6) is 0 Å². The fourth-order valence-corrected chi connectivity index (χ4v) is 1.40. The Kier molecular flexibility index (Phi) is 3.00. The van der Waals surface area contributed by atoms with Gasteiger partial charge in [0.2, 0.25) is 0 Å². The molecular formula is C12H11N3O2. The minimum atomic E-state index is -0.337. The van der Waals surface area contributed by atoms with E-state index in [2.05, 4.69) is 15.3 Å². The molecule has 2 rings (SSSR count). The van der Waals surface area contributed by atoms with Crippen molar-refractivity contribution in [1.29, 1.82) is 0 Å². The molecule has 0 saturated carbocycles. The Balaban J connectivity index is 2.16. The van der Waals surface area contributed by atoms with Gasteiger partial charge in [0.1, 0.15) is 0 Å². The van der Waals surface area contributed by atoms with Crippen molar-refractivity contribution in [3.63, 3.8) is 0 Å². The first-order chi connectivity index (χ1) is 8.16. The SMILES string of the molecule is CC(=O)c1cccc(NC(=O)c2ncc[nH]2)c1. The summed E-state index contributed by atoms with van der Waals surface area (Å²) < 4.78 is 0. The van der Waals surface area contributed by atoms with Gasteiger partial charge in [-0.05, 0) is 19.1 Å². The number of rotatable bonds is 3. The Hall–Kier alpha value is -2.43. The summed E-state index contributed by atoms with van der Waals surface area (Å²) in [4.78, 5) is 29.4. The van der Waals surface area contributed by atoms with E-state index in [-0.39, 0.29) is 17.5 Å².